The number of fused-ring (bicyclic) bond motifs is 1. The number of aryl methyl sites for hydroxylation is 2. The van der Waals surface area contributed by atoms with Crippen LogP contribution < -0.4 is 17.0 Å². The van der Waals surface area contributed by atoms with E-state index in [0.717, 1.165) is 13.3 Å². The van der Waals surface area contributed by atoms with Gasteiger partial charge in [-0.1, -0.05) is 6.07 Å². The lowest BCUT2D eigenvalue weighted by molar-refractivity contribution is -0.118. The Morgan fingerprint density at radius 1 is 1.21 bits per heavy atom. The van der Waals surface area contributed by atoms with E-state index in [1.165, 1.54) is 9.13 Å². The lowest BCUT2D eigenvalue weighted by Gasteiger charge is -2.18. The third-order valence-electron chi connectivity index (χ3n) is 4.96. The molecule has 152 valence electrons. The molecule has 10 heteroatoms. The molecule has 10 nitrogen and oxygen atoms in total. The van der Waals surface area contributed by atoms with Crippen LogP contribution in [0.2, 0.25) is 0 Å². The number of nitrogens with zero attached hydrogens (tertiary/aromatic N) is 2. The minimum Gasteiger partial charge on any atom is -0.506 e. The summed E-state index contributed by atoms with van der Waals surface area (Å²) < 4.78 is 7.50. The summed E-state index contributed by atoms with van der Waals surface area (Å²) in [5.74, 6) is -3.09. The van der Waals surface area contributed by atoms with Crippen LogP contribution >= 0.6 is 0 Å². The van der Waals surface area contributed by atoms with Gasteiger partial charge in [0.2, 0.25) is 5.91 Å². The van der Waals surface area contributed by atoms with Crippen molar-refractivity contribution in [3.05, 3.63) is 61.9 Å². The van der Waals surface area contributed by atoms with Crippen LogP contribution in [0.25, 0.3) is 11.0 Å². The summed E-state index contributed by atoms with van der Waals surface area (Å²) in [4.78, 5) is 50.7. The summed E-state index contributed by atoms with van der Waals surface area (Å²) in [6.07, 6.45) is 0.742. The first-order valence-corrected chi connectivity index (χ1v) is 8.63. The second-order valence-electron chi connectivity index (χ2n) is 6.66. The number of aromatic hydroxyl groups is 1. The zero-order valence-electron chi connectivity index (χ0n) is 16.1. The number of pyridine rings is 1. The fraction of sp³-hybridized carbons (Fsp3) is 0.263. The molecule has 0 aliphatic carbocycles. The number of primary amides is 1. The van der Waals surface area contributed by atoms with Gasteiger partial charge >= 0.3 is 11.7 Å². The van der Waals surface area contributed by atoms with Crippen LogP contribution in [0.15, 0.2) is 34.0 Å². The molecule has 29 heavy (non-hydrogen) atoms. The number of nitrogens with one attached hydrogen (secondary N) is 1. The molecule has 1 aromatic carbocycles. The highest BCUT2D eigenvalue weighted by molar-refractivity contribution is 5.92. The summed E-state index contributed by atoms with van der Waals surface area (Å²) >= 11 is 0. The number of benzene rings is 1. The molecule has 0 aliphatic rings. The molecule has 0 unspecified atom stereocenters. The molecule has 0 spiro atoms. The van der Waals surface area contributed by atoms with E-state index < -0.39 is 29.1 Å². The number of H-pyrrole nitrogens is 1. The molecule has 1 amide bonds. The van der Waals surface area contributed by atoms with Crippen LogP contribution in [-0.2, 0) is 23.6 Å². The molecular formula is C19H20N4O6. The molecule has 2 aromatic heterocycles. The van der Waals surface area contributed by atoms with Gasteiger partial charge in [-0.15, -0.1) is 0 Å². The zero-order chi connectivity index (χ0) is 21.5. The molecule has 4 N–H and O–H groups in total. The minimum absolute atomic E-state index is 0.188. The Morgan fingerprint density at radius 2 is 1.86 bits per heavy atom. The molecule has 3 aromatic rings. The molecule has 3 rings (SSSR count). The number of hydrogen-bond acceptors (Lipinski definition) is 6. The number of rotatable bonds is 5. The van der Waals surface area contributed by atoms with E-state index in [1.54, 1.807) is 32.3 Å². The Bertz CT molecular complexity index is 1250. The van der Waals surface area contributed by atoms with E-state index in [2.05, 4.69) is 9.72 Å². The van der Waals surface area contributed by atoms with Crippen LogP contribution in [0.3, 0.4) is 0 Å². The smallest absolute Gasteiger partial charge is 0.343 e. The van der Waals surface area contributed by atoms with Crippen molar-refractivity contribution in [1.29, 1.82) is 0 Å². The number of hydrogen-bond donors (Lipinski definition) is 3. The predicted molar refractivity (Wildman–Crippen MR) is 104 cm³/mol. The van der Waals surface area contributed by atoms with Crippen molar-refractivity contribution in [2.75, 3.05) is 7.11 Å². The Balaban J connectivity index is 2.28. The van der Waals surface area contributed by atoms with Gasteiger partial charge in [-0.2, -0.15) is 0 Å². The van der Waals surface area contributed by atoms with Crippen molar-refractivity contribution in [1.82, 2.24) is 14.1 Å². The number of carbonyl (C=O) groups excluding carboxylic acids is 2. The lowest BCUT2D eigenvalue weighted by Crippen LogP contribution is -2.24. The molecule has 0 aliphatic heterocycles. The second-order valence-corrected chi connectivity index (χ2v) is 6.66. The number of esters is 1. The summed E-state index contributed by atoms with van der Waals surface area (Å²) in [6.45, 7) is 0. The normalized spacial score (nSPS) is 12.1. The topological polar surface area (TPSA) is 149 Å². The Morgan fingerprint density at radius 3 is 2.48 bits per heavy atom. The summed E-state index contributed by atoms with van der Waals surface area (Å²) in [6, 6.07) is 4.96. The first-order valence-electron chi connectivity index (χ1n) is 8.63. The van der Waals surface area contributed by atoms with Crippen molar-refractivity contribution in [3.8, 4) is 5.75 Å². The van der Waals surface area contributed by atoms with Gasteiger partial charge in [-0.3, -0.25) is 18.7 Å². The Kier molecular flexibility index (Phi) is 5.02. The zero-order valence-corrected chi connectivity index (χ0v) is 16.1. The summed E-state index contributed by atoms with van der Waals surface area (Å²) in [5, 5.41) is 10.6. The molecule has 0 fully saturated rings. The van der Waals surface area contributed by atoms with E-state index in [4.69, 9.17) is 5.73 Å². The first kappa shape index (κ1) is 19.9. The molecule has 0 radical (unpaired) electrons. The van der Waals surface area contributed by atoms with E-state index in [1.807, 2.05) is 0 Å². The van der Waals surface area contributed by atoms with Crippen LogP contribution in [0.1, 0.15) is 33.8 Å². The van der Waals surface area contributed by atoms with Gasteiger partial charge in [0.25, 0.3) is 5.56 Å². The minimum atomic E-state index is -0.944. The van der Waals surface area contributed by atoms with Crippen LogP contribution in [0.4, 0.5) is 0 Å². The van der Waals surface area contributed by atoms with Crippen molar-refractivity contribution in [2.45, 2.75) is 12.3 Å². The van der Waals surface area contributed by atoms with Crippen molar-refractivity contribution in [3.63, 3.8) is 0 Å². The fourth-order valence-corrected chi connectivity index (χ4v) is 3.45. The van der Waals surface area contributed by atoms with Gasteiger partial charge < -0.3 is 20.6 Å². The van der Waals surface area contributed by atoms with Gasteiger partial charge in [-0.25, -0.2) is 9.59 Å². The summed E-state index contributed by atoms with van der Waals surface area (Å²) in [7, 11) is 4.36. The molecule has 1 atom stereocenters. The first-order chi connectivity index (χ1) is 13.7. The van der Waals surface area contributed by atoms with Crippen molar-refractivity contribution in [2.24, 2.45) is 19.8 Å². The SMILES string of the molecule is COC(=O)c1c[nH]c(=O)c([C@@H](CC(N)=O)c2ccc3c(c2)n(C)c(=O)n3C)c1O. The standard InChI is InChI=1S/C19H20N4O6/c1-22-12-5-4-9(6-13(12)23(2)19(22)28)10(7-14(20)24)15-16(25)11(18(27)29-3)8-21-17(15)26/h4-6,8,10H,7H2,1-3H3,(H2,20,24)(H2,21,25,26)/t10-/m0/s1. The van der Waals surface area contributed by atoms with E-state index in [9.17, 15) is 24.3 Å². The highest BCUT2D eigenvalue weighted by Gasteiger charge is 2.28. The van der Waals surface area contributed by atoms with Gasteiger partial charge in [-0.05, 0) is 17.7 Å². The number of aromatic amines is 1. The van der Waals surface area contributed by atoms with Crippen LogP contribution in [-0.4, -0.2) is 38.2 Å². The van der Waals surface area contributed by atoms with Crippen molar-refractivity contribution >= 4 is 22.9 Å². The van der Waals surface area contributed by atoms with E-state index >= 15 is 0 Å². The van der Waals surface area contributed by atoms with Gasteiger partial charge in [0, 0.05) is 32.6 Å². The number of methoxy groups -OCH3 is 1. The summed E-state index contributed by atoms with van der Waals surface area (Å²) in [5.41, 5.74) is 5.73. The van der Waals surface area contributed by atoms with Crippen LogP contribution in [0, 0.1) is 0 Å². The van der Waals surface area contributed by atoms with Gasteiger partial charge in [0.1, 0.15) is 11.3 Å². The number of nitrogens with two attached hydrogens (primary N) is 1. The Hall–Kier alpha value is -3.82. The largest absolute Gasteiger partial charge is 0.506 e. The number of ether oxygens (including phenoxy) is 1. The fourth-order valence-electron chi connectivity index (χ4n) is 3.45. The molecule has 2 heterocycles. The molecular weight excluding hydrogens is 380 g/mol. The van der Waals surface area contributed by atoms with E-state index in [-0.39, 0.29) is 23.2 Å². The monoisotopic (exact) mass is 400 g/mol. The average Bonchev–Trinajstić information content (AvgIpc) is 2.90. The number of aromatic nitrogens is 3. The third kappa shape index (κ3) is 3.28. The van der Waals surface area contributed by atoms with Crippen molar-refractivity contribution < 1.29 is 19.4 Å². The average molecular weight is 400 g/mol. The number of carbonyl (C=O) groups is 2. The van der Waals surface area contributed by atoms with Gasteiger partial charge in [0.15, 0.2) is 0 Å². The van der Waals surface area contributed by atoms with Crippen LogP contribution in [0.5, 0.6) is 5.75 Å². The molecule has 0 saturated carbocycles. The Labute approximate surface area is 164 Å². The maximum atomic E-state index is 12.5. The highest BCUT2D eigenvalue weighted by atomic mass is 16.5. The highest BCUT2D eigenvalue weighted by Crippen LogP contribution is 2.34. The third-order valence-corrected chi connectivity index (χ3v) is 4.96. The quantitative estimate of drug-likeness (QED) is 0.516. The number of imidazole rings is 1. The maximum Gasteiger partial charge on any atom is 0.343 e. The lowest BCUT2D eigenvalue weighted by atomic mass is 9.87. The second kappa shape index (κ2) is 7.30. The molecule has 0 saturated heterocycles. The number of amides is 1. The van der Waals surface area contributed by atoms with Gasteiger partial charge in [0.05, 0.1) is 23.7 Å². The predicted octanol–water partition coefficient (Wildman–Crippen LogP) is 0.0648. The van der Waals surface area contributed by atoms with E-state index in [0.29, 0.717) is 16.6 Å². The molecule has 0 bridgehead atoms. The maximum absolute atomic E-state index is 12.5.